The molecule has 2 rings (SSSR count). The topological polar surface area (TPSA) is 75.4 Å². The van der Waals surface area contributed by atoms with Crippen LogP contribution in [0.15, 0.2) is 18.1 Å². The maximum atomic E-state index is 12.4. The van der Waals surface area contributed by atoms with Crippen molar-refractivity contribution in [3.05, 3.63) is 18.1 Å². The van der Waals surface area contributed by atoms with Crippen molar-refractivity contribution in [2.24, 2.45) is 0 Å². The van der Waals surface area contributed by atoms with Crippen molar-refractivity contribution in [2.45, 2.75) is 6.18 Å². The van der Waals surface area contributed by atoms with E-state index >= 15 is 0 Å². The summed E-state index contributed by atoms with van der Waals surface area (Å²) in [7, 11) is 0. The first-order valence-electron chi connectivity index (χ1n) is 4.65. The molecular weight excluding hydrogens is 255 g/mol. The van der Waals surface area contributed by atoms with Gasteiger partial charge in [0.1, 0.15) is 12.1 Å². The number of hydrogen-bond donors (Lipinski definition) is 1. The Hall–Kier alpha value is -2.32. The van der Waals surface area contributed by atoms with E-state index in [9.17, 15) is 22.8 Å². The van der Waals surface area contributed by atoms with Gasteiger partial charge < -0.3 is 5.11 Å². The largest absolute Gasteiger partial charge is 0.478 e. The summed E-state index contributed by atoms with van der Waals surface area (Å²) in [6.45, 7) is -0.653. The normalized spacial score (nSPS) is 15.1. The minimum Gasteiger partial charge on any atom is -0.478 e. The second kappa shape index (κ2) is 3.86. The van der Waals surface area contributed by atoms with Gasteiger partial charge in [0.05, 0.1) is 18.3 Å². The molecule has 1 aromatic rings. The van der Waals surface area contributed by atoms with Crippen molar-refractivity contribution >= 4 is 23.9 Å². The fourth-order valence-electron chi connectivity index (χ4n) is 1.52. The smallest absolute Gasteiger partial charge is 0.471 e. The van der Waals surface area contributed by atoms with Gasteiger partial charge in [-0.1, -0.05) is 0 Å². The van der Waals surface area contributed by atoms with E-state index in [-0.39, 0.29) is 11.4 Å². The predicted molar refractivity (Wildman–Crippen MR) is 52.5 cm³/mol. The lowest BCUT2D eigenvalue weighted by Gasteiger charge is -2.27. The highest BCUT2D eigenvalue weighted by atomic mass is 19.4. The summed E-state index contributed by atoms with van der Waals surface area (Å²) in [5.74, 6) is -3.65. The molecule has 0 bridgehead atoms. The van der Waals surface area contributed by atoms with Gasteiger partial charge in [-0.15, -0.1) is 0 Å². The molecule has 1 aromatic heterocycles. The molecule has 0 saturated heterocycles. The first-order valence-corrected chi connectivity index (χ1v) is 4.65. The molecule has 0 radical (unpaired) electrons. The number of carbonyl (C=O) groups excluding carboxylic acids is 1. The fourth-order valence-corrected chi connectivity index (χ4v) is 1.52. The second-order valence-corrected chi connectivity index (χ2v) is 3.51. The Balaban J connectivity index is 2.44. The summed E-state index contributed by atoms with van der Waals surface area (Å²) >= 11 is 0. The van der Waals surface area contributed by atoms with E-state index < -0.39 is 24.6 Å². The number of carboxylic acids is 1. The molecule has 6 nitrogen and oxygen atoms in total. The van der Waals surface area contributed by atoms with E-state index in [4.69, 9.17) is 5.11 Å². The summed E-state index contributed by atoms with van der Waals surface area (Å²) in [6, 6.07) is 0. The number of amides is 1. The van der Waals surface area contributed by atoms with Crippen LogP contribution in [0.2, 0.25) is 0 Å². The summed E-state index contributed by atoms with van der Waals surface area (Å²) in [5, 5.41) is 8.78. The minimum absolute atomic E-state index is 0.123. The predicted octanol–water partition coefficient (Wildman–Crippen LogP) is 0.718. The van der Waals surface area contributed by atoms with E-state index in [1.54, 1.807) is 0 Å². The number of carboxylic acid groups (broad SMARTS) is 1. The lowest BCUT2D eigenvalue weighted by molar-refractivity contribution is -0.170. The van der Waals surface area contributed by atoms with Gasteiger partial charge in [0.15, 0.2) is 0 Å². The molecule has 0 atom stereocenters. The Kier molecular flexibility index (Phi) is 2.60. The molecule has 0 spiro atoms. The third kappa shape index (κ3) is 1.94. The SMILES string of the molecule is O=C(O)C1=Cn2cncc2N(C(=O)C(F)(F)F)C1. The number of carbonyl (C=O) groups is 2. The molecule has 1 aliphatic rings. The van der Waals surface area contributed by atoms with Crippen molar-refractivity contribution in [3.8, 4) is 0 Å². The fraction of sp³-hybridized carbons (Fsp3) is 0.222. The highest BCUT2D eigenvalue weighted by molar-refractivity contribution is 6.01. The van der Waals surface area contributed by atoms with Gasteiger partial charge in [-0.3, -0.25) is 14.3 Å². The number of nitrogens with zero attached hydrogens (tertiary/aromatic N) is 3. The van der Waals surface area contributed by atoms with Crippen LogP contribution < -0.4 is 4.90 Å². The molecule has 1 amide bonds. The number of fused-ring (bicyclic) bond motifs is 1. The first kappa shape index (κ1) is 12.1. The van der Waals surface area contributed by atoms with Gasteiger partial charge >= 0.3 is 18.1 Å². The van der Waals surface area contributed by atoms with Crippen molar-refractivity contribution < 1.29 is 27.9 Å². The molecule has 0 unspecified atom stereocenters. The molecule has 1 aliphatic heterocycles. The van der Waals surface area contributed by atoms with Crippen LogP contribution >= 0.6 is 0 Å². The molecule has 18 heavy (non-hydrogen) atoms. The standard InChI is InChI=1S/C9H6F3N3O3/c10-9(11,12)8(18)15-3-5(7(16)17)2-14-4-13-1-6(14)15/h1-2,4H,3H2,(H,16,17). The molecule has 0 saturated carbocycles. The van der Waals surface area contributed by atoms with Crippen LogP contribution in [0.3, 0.4) is 0 Å². The molecule has 0 fully saturated rings. The highest BCUT2D eigenvalue weighted by Gasteiger charge is 2.45. The maximum absolute atomic E-state index is 12.4. The van der Waals surface area contributed by atoms with Crippen molar-refractivity contribution in [1.82, 2.24) is 9.55 Å². The number of hydrogen-bond acceptors (Lipinski definition) is 3. The van der Waals surface area contributed by atoms with Gasteiger partial charge in [-0.05, 0) is 0 Å². The van der Waals surface area contributed by atoms with E-state index in [2.05, 4.69) is 4.98 Å². The molecule has 96 valence electrons. The molecule has 9 heteroatoms. The highest BCUT2D eigenvalue weighted by Crippen LogP contribution is 2.27. The Morgan fingerprint density at radius 3 is 2.61 bits per heavy atom. The maximum Gasteiger partial charge on any atom is 0.471 e. The molecule has 0 aromatic carbocycles. The summed E-state index contributed by atoms with van der Waals surface area (Å²) in [4.78, 5) is 25.9. The monoisotopic (exact) mass is 261 g/mol. The van der Waals surface area contributed by atoms with Crippen molar-refractivity contribution in [3.63, 3.8) is 0 Å². The zero-order chi connectivity index (χ0) is 13.5. The van der Waals surface area contributed by atoms with E-state index in [0.29, 0.717) is 4.90 Å². The second-order valence-electron chi connectivity index (χ2n) is 3.51. The van der Waals surface area contributed by atoms with Crippen LogP contribution in [0, 0.1) is 0 Å². The van der Waals surface area contributed by atoms with Gasteiger partial charge in [0.2, 0.25) is 0 Å². The first-order chi connectivity index (χ1) is 8.30. The van der Waals surface area contributed by atoms with Crippen molar-refractivity contribution in [1.29, 1.82) is 0 Å². The third-order valence-corrected chi connectivity index (χ3v) is 2.31. The number of aliphatic carboxylic acids is 1. The van der Waals surface area contributed by atoms with Crippen LogP contribution in [0.25, 0.3) is 6.20 Å². The Labute approximate surface area is 97.9 Å². The lowest BCUT2D eigenvalue weighted by Crippen LogP contribution is -2.45. The van der Waals surface area contributed by atoms with Crippen LogP contribution in [0.1, 0.15) is 0 Å². The summed E-state index contributed by atoms with van der Waals surface area (Å²) in [5.41, 5.74) is -0.335. The van der Waals surface area contributed by atoms with Crippen LogP contribution in [-0.4, -0.2) is 39.3 Å². The van der Waals surface area contributed by atoms with E-state index in [0.717, 1.165) is 23.3 Å². The minimum atomic E-state index is -5.07. The summed E-state index contributed by atoms with van der Waals surface area (Å²) < 4.78 is 38.2. The zero-order valence-electron chi connectivity index (χ0n) is 8.68. The molecule has 0 aliphatic carbocycles. The van der Waals surface area contributed by atoms with Gasteiger partial charge in [0.25, 0.3) is 0 Å². The van der Waals surface area contributed by atoms with Crippen LogP contribution in [0.5, 0.6) is 0 Å². The molecular formula is C9H6F3N3O3. The van der Waals surface area contributed by atoms with Crippen LogP contribution in [-0.2, 0) is 9.59 Å². The van der Waals surface area contributed by atoms with Gasteiger partial charge in [0, 0.05) is 6.20 Å². The van der Waals surface area contributed by atoms with E-state index in [1.807, 2.05) is 0 Å². The lowest BCUT2D eigenvalue weighted by atomic mass is 10.2. The molecule has 1 N–H and O–H groups in total. The number of imidazole rings is 1. The van der Waals surface area contributed by atoms with E-state index in [1.165, 1.54) is 0 Å². The van der Waals surface area contributed by atoms with Crippen molar-refractivity contribution in [2.75, 3.05) is 11.4 Å². The third-order valence-electron chi connectivity index (χ3n) is 2.31. The number of alkyl halides is 3. The Bertz CT molecular complexity index is 547. The van der Waals surface area contributed by atoms with Gasteiger partial charge in [-0.2, -0.15) is 13.2 Å². The number of aromatic nitrogens is 2. The van der Waals surface area contributed by atoms with Crippen LogP contribution in [0.4, 0.5) is 19.0 Å². The Morgan fingerprint density at radius 1 is 1.39 bits per heavy atom. The molecule has 2 heterocycles. The number of halogens is 3. The summed E-state index contributed by atoms with van der Waals surface area (Å²) in [6.07, 6.45) is -1.78. The Morgan fingerprint density at radius 2 is 2.06 bits per heavy atom. The average Bonchev–Trinajstić information content (AvgIpc) is 2.73. The number of anilines is 1. The quantitative estimate of drug-likeness (QED) is 0.808. The number of rotatable bonds is 1. The average molecular weight is 261 g/mol. The van der Waals surface area contributed by atoms with Gasteiger partial charge in [-0.25, -0.2) is 9.78 Å². The zero-order valence-corrected chi connectivity index (χ0v) is 8.68.